The molecule has 3 N–H and O–H groups in total. The highest BCUT2D eigenvalue weighted by atomic mass is 32.2. The molecule has 1 aromatic heterocycles. The van der Waals surface area contributed by atoms with Gasteiger partial charge >= 0.3 is 0 Å². The van der Waals surface area contributed by atoms with Crippen LogP contribution in [0, 0.1) is 0 Å². The quantitative estimate of drug-likeness (QED) is 0.910. The fourth-order valence-electron chi connectivity index (χ4n) is 2.70. The van der Waals surface area contributed by atoms with Gasteiger partial charge in [-0.05, 0) is 42.8 Å². The van der Waals surface area contributed by atoms with Gasteiger partial charge in [-0.25, -0.2) is 13.6 Å². The number of hydrogen-bond donors (Lipinski definition) is 2. The normalized spacial score (nSPS) is 17.3. The fourth-order valence-corrected chi connectivity index (χ4v) is 3.04. The number of nitrogens with two attached hydrogens (primary N) is 1. The van der Waals surface area contributed by atoms with Crippen molar-refractivity contribution in [3.63, 3.8) is 0 Å². The summed E-state index contributed by atoms with van der Waals surface area (Å²) in [6.45, 7) is 2.00. The van der Waals surface area contributed by atoms with Gasteiger partial charge in [0.2, 0.25) is 10.0 Å². The van der Waals surface area contributed by atoms with E-state index in [0.717, 1.165) is 41.4 Å². The van der Waals surface area contributed by atoms with E-state index in [9.17, 15) is 8.42 Å². The molecule has 0 radical (unpaired) electrons. The van der Waals surface area contributed by atoms with E-state index in [1.807, 2.05) is 24.4 Å². The Morgan fingerprint density at radius 2 is 2.18 bits per heavy atom. The number of aromatic amines is 1. The van der Waals surface area contributed by atoms with Crippen LogP contribution in [0.15, 0.2) is 35.9 Å². The highest BCUT2D eigenvalue weighted by molar-refractivity contribution is 7.92. The number of H-pyrrole nitrogens is 1. The molecule has 0 atom stereocenters. The molecule has 0 saturated carbocycles. The van der Waals surface area contributed by atoms with Crippen molar-refractivity contribution in [2.45, 2.75) is 6.42 Å². The van der Waals surface area contributed by atoms with E-state index >= 15 is 0 Å². The third kappa shape index (κ3) is 3.30. The highest BCUT2D eigenvalue weighted by Crippen LogP contribution is 2.29. The lowest BCUT2D eigenvalue weighted by Gasteiger charge is -2.21. The van der Waals surface area contributed by atoms with Gasteiger partial charge in [0, 0.05) is 41.2 Å². The van der Waals surface area contributed by atoms with Gasteiger partial charge in [-0.1, -0.05) is 12.1 Å². The molecule has 116 valence electrons. The van der Waals surface area contributed by atoms with Gasteiger partial charge in [-0.2, -0.15) is 0 Å². The minimum absolute atomic E-state index is 0.816. The average molecular weight is 317 g/mol. The zero-order chi connectivity index (χ0) is 15.7. The van der Waals surface area contributed by atoms with Crippen LogP contribution in [0.2, 0.25) is 0 Å². The molecular weight excluding hydrogens is 298 g/mol. The molecule has 1 aliphatic heterocycles. The number of nitrogens with zero attached hydrogens (tertiary/aromatic N) is 1. The molecule has 5 nitrogen and oxygen atoms in total. The summed E-state index contributed by atoms with van der Waals surface area (Å²) in [5, 5.41) is 7.13. The van der Waals surface area contributed by atoms with Crippen LogP contribution in [0.3, 0.4) is 0 Å². The zero-order valence-corrected chi connectivity index (χ0v) is 13.2. The van der Waals surface area contributed by atoms with Crippen molar-refractivity contribution < 1.29 is 8.42 Å². The van der Waals surface area contributed by atoms with E-state index in [-0.39, 0.29) is 0 Å². The third-order valence-corrected chi connectivity index (χ3v) is 4.43. The summed E-state index contributed by atoms with van der Waals surface area (Å²) >= 11 is 0. The van der Waals surface area contributed by atoms with Crippen molar-refractivity contribution in [3.05, 3.63) is 47.0 Å². The average Bonchev–Trinajstić information content (AvgIpc) is 2.88. The van der Waals surface area contributed by atoms with Gasteiger partial charge in [-0.3, -0.25) is 0 Å². The number of rotatable bonds is 3. The van der Waals surface area contributed by atoms with Crippen LogP contribution < -0.4 is 5.14 Å². The minimum Gasteiger partial charge on any atom is -0.361 e. The predicted molar refractivity (Wildman–Crippen MR) is 90.5 cm³/mol. The van der Waals surface area contributed by atoms with Crippen molar-refractivity contribution in [3.8, 4) is 0 Å². The molecule has 22 heavy (non-hydrogen) atoms. The van der Waals surface area contributed by atoms with Crippen LogP contribution in [-0.4, -0.2) is 38.4 Å². The molecule has 0 amide bonds. The first-order valence-electron chi connectivity index (χ1n) is 7.12. The number of fused-ring (bicyclic) bond motifs is 1. The summed E-state index contributed by atoms with van der Waals surface area (Å²) in [5.41, 5.74) is 4.38. The second-order valence-electron chi connectivity index (χ2n) is 5.64. The van der Waals surface area contributed by atoms with Crippen molar-refractivity contribution in [1.82, 2.24) is 9.88 Å². The van der Waals surface area contributed by atoms with E-state index in [2.05, 4.69) is 23.0 Å². The molecule has 0 saturated heterocycles. The lowest BCUT2D eigenvalue weighted by Crippen LogP contribution is -2.23. The smallest absolute Gasteiger partial charge is 0.231 e. The number of sulfonamides is 1. The molecule has 1 aliphatic rings. The maximum atomic E-state index is 11.0. The molecule has 0 unspecified atom stereocenters. The molecule has 3 rings (SSSR count). The van der Waals surface area contributed by atoms with Gasteiger partial charge in [0.05, 0.1) is 0 Å². The number of likely N-dealkylation sites (N-methyl/N-ethyl adjacent to an activating group) is 1. The van der Waals surface area contributed by atoms with E-state index in [4.69, 9.17) is 5.14 Å². The summed E-state index contributed by atoms with van der Waals surface area (Å²) in [4.78, 5) is 5.55. The third-order valence-electron chi connectivity index (χ3n) is 3.91. The lowest BCUT2D eigenvalue weighted by molar-refractivity contribution is 0.370. The number of primary sulfonamides is 1. The van der Waals surface area contributed by atoms with Crippen LogP contribution in [-0.2, 0) is 10.0 Å². The monoisotopic (exact) mass is 317 g/mol. The number of benzene rings is 1. The lowest BCUT2D eigenvalue weighted by atomic mass is 9.98. The molecule has 0 spiro atoms. The Labute approximate surface area is 130 Å². The maximum Gasteiger partial charge on any atom is 0.231 e. The first-order valence-corrected chi connectivity index (χ1v) is 8.73. The van der Waals surface area contributed by atoms with Crippen molar-refractivity contribution in [1.29, 1.82) is 0 Å². The van der Waals surface area contributed by atoms with Crippen molar-refractivity contribution >= 4 is 32.6 Å². The molecular formula is C16H19N3O2S. The van der Waals surface area contributed by atoms with Gasteiger partial charge in [0.25, 0.3) is 0 Å². The molecule has 2 heterocycles. The second kappa shape index (κ2) is 5.72. The van der Waals surface area contributed by atoms with Gasteiger partial charge in [0.15, 0.2) is 0 Å². The number of nitrogens with one attached hydrogen (secondary N) is 1. The first-order chi connectivity index (χ1) is 10.4. The summed E-state index contributed by atoms with van der Waals surface area (Å²) in [5.74, 6) is 0. The Bertz CT molecular complexity index is 863. The molecule has 0 bridgehead atoms. The van der Waals surface area contributed by atoms with Gasteiger partial charge in [-0.15, -0.1) is 0 Å². The molecule has 0 fully saturated rings. The summed E-state index contributed by atoms with van der Waals surface area (Å²) < 4.78 is 22.1. The summed E-state index contributed by atoms with van der Waals surface area (Å²) in [7, 11) is -1.49. The Kier molecular flexibility index (Phi) is 3.90. The zero-order valence-electron chi connectivity index (χ0n) is 12.4. The molecule has 1 aromatic carbocycles. The fraction of sp³-hybridized carbons (Fsp3) is 0.250. The Hall–Kier alpha value is -1.89. The van der Waals surface area contributed by atoms with E-state index < -0.39 is 10.0 Å². The van der Waals surface area contributed by atoms with Gasteiger partial charge < -0.3 is 9.88 Å². The standard InChI is InChI=1S/C16H19N3O2S/c1-19-7-4-13(5-8-19)15-11-18-16-3-2-12(10-14(15)16)6-9-22(17,20)21/h2-4,6,9-11,18H,5,7-8H2,1H3,(H2,17,20,21)/b9-6+. The van der Waals surface area contributed by atoms with E-state index in [1.165, 1.54) is 17.2 Å². The van der Waals surface area contributed by atoms with E-state index in [0.29, 0.717) is 0 Å². The maximum absolute atomic E-state index is 11.0. The summed E-state index contributed by atoms with van der Waals surface area (Å²) in [6.07, 6.45) is 6.81. The van der Waals surface area contributed by atoms with Crippen molar-refractivity contribution in [2.75, 3.05) is 20.1 Å². The molecule has 0 aliphatic carbocycles. The number of aromatic nitrogens is 1. The van der Waals surface area contributed by atoms with Crippen LogP contribution in [0.5, 0.6) is 0 Å². The predicted octanol–water partition coefficient (Wildman–Crippen LogP) is 2.15. The second-order valence-corrected chi connectivity index (χ2v) is 7.09. The first kappa shape index (κ1) is 15.0. The molecule has 6 heteroatoms. The Balaban J connectivity index is 2.01. The topological polar surface area (TPSA) is 79.2 Å². The minimum atomic E-state index is -3.60. The number of hydrogen-bond acceptors (Lipinski definition) is 3. The van der Waals surface area contributed by atoms with Crippen LogP contribution in [0.4, 0.5) is 0 Å². The van der Waals surface area contributed by atoms with Crippen LogP contribution in [0.25, 0.3) is 22.6 Å². The van der Waals surface area contributed by atoms with Gasteiger partial charge in [0.1, 0.15) is 0 Å². The van der Waals surface area contributed by atoms with Crippen LogP contribution in [0.1, 0.15) is 17.5 Å². The molecule has 2 aromatic rings. The SMILES string of the molecule is CN1CC=C(c2c[nH]c3ccc(/C=C/S(N)(=O)=O)cc23)CC1. The van der Waals surface area contributed by atoms with E-state index in [1.54, 1.807) is 0 Å². The Morgan fingerprint density at radius 1 is 1.36 bits per heavy atom. The summed E-state index contributed by atoms with van der Waals surface area (Å²) in [6, 6.07) is 5.81. The Morgan fingerprint density at radius 3 is 2.86 bits per heavy atom. The largest absolute Gasteiger partial charge is 0.361 e. The van der Waals surface area contributed by atoms with Crippen LogP contribution >= 0.6 is 0 Å². The highest BCUT2D eigenvalue weighted by Gasteiger charge is 2.13. The van der Waals surface area contributed by atoms with Crippen molar-refractivity contribution in [2.24, 2.45) is 5.14 Å².